The van der Waals surface area contributed by atoms with Gasteiger partial charge in [-0.15, -0.1) is 0 Å². The molecule has 84 valence electrons. The molecule has 0 aliphatic heterocycles. The Morgan fingerprint density at radius 3 is 2.81 bits per heavy atom. The van der Waals surface area contributed by atoms with Crippen LogP contribution in [-0.2, 0) is 23.1 Å². The standard InChI is InChI=1S/C14H16O2/c1-14(8-12(14)13(15)16)11-6-5-9-3-2-4-10(9)7-11/h5-7,12H,2-4,8H2,1H3,(H,15,16). The molecule has 0 aromatic heterocycles. The third kappa shape index (κ3) is 1.29. The molecular formula is C14H16O2. The maximum absolute atomic E-state index is 11.0. The van der Waals surface area contributed by atoms with Crippen LogP contribution in [0, 0.1) is 5.92 Å². The molecule has 1 fully saturated rings. The molecular weight excluding hydrogens is 200 g/mol. The number of aliphatic carboxylic acids is 1. The summed E-state index contributed by atoms with van der Waals surface area (Å²) in [6.07, 6.45) is 4.39. The summed E-state index contributed by atoms with van der Waals surface area (Å²) in [4.78, 5) is 11.0. The highest BCUT2D eigenvalue weighted by Gasteiger charge is 2.55. The topological polar surface area (TPSA) is 37.3 Å². The Morgan fingerprint density at radius 1 is 1.38 bits per heavy atom. The van der Waals surface area contributed by atoms with Crippen LogP contribution < -0.4 is 0 Å². The summed E-state index contributed by atoms with van der Waals surface area (Å²) >= 11 is 0. The number of aryl methyl sites for hydroxylation is 2. The lowest BCUT2D eigenvalue weighted by atomic mass is 9.92. The third-order valence-corrected chi connectivity index (χ3v) is 4.29. The lowest BCUT2D eigenvalue weighted by Gasteiger charge is -2.12. The molecule has 1 N–H and O–H groups in total. The summed E-state index contributed by atoms with van der Waals surface area (Å²) < 4.78 is 0. The van der Waals surface area contributed by atoms with Gasteiger partial charge in [0.15, 0.2) is 0 Å². The predicted molar refractivity (Wildman–Crippen MR) is 61.6 cm³/mol. The molecule has 2 nitrogen and oxygen atoms in total. The second-order valence-electron chi connectivity index (χ2n) is 5.35. The number of carbonyl (C=O) groups is 1. The Hall–Kier alpha value is -1.31. The molecule has 1 aromatic carbocycles. The van der Waals surface area contributed by atoms with Gasteiger partial charge < -0.3 is 5.11 Å². The van der Waals surface area contributed by atoms with Gasteiger partial charge in [-0.05, 0) is 42.4 Å². The van der Waals surface area contributed by atoms with E-state index in [1.54, 1.807) is 0 Å². The fraction of sp³-hybridized carbons (Fsp3) is 0.500. The Kier molecular flexibility index (Phi) is 1.91. The van der Waals surface area contributed by atoms with E-state index >= 15 is 0 Å². The molecule has 1 aromatic rings. The summed E-state index contributed by atoms with van der Waals surface area (Å²) in [5.41, 5.74) is 4.01. The van der Waals surface area contributed by atoms with Crippen LogP contribution in [0.25, 0.3) is 0 Å². The Balaban J connectivity index is 1.94. The lowest BCUT2D eigenvalue weighted by molar-refractivity contribution is -0.138. The molecule has 2 atom stereocenters. The zero-order valence-electron chi connectivity index (χ0n) is 9.49. The number of carboxylic acids is 1. The van der Waals surface area contributed by atoms with Gasteiger partial charge in [0, 0.05) is 5.41 Å². The van der Waals surface area contributed by atoms with Crippen molar-refractivity contribution in [2.45, 2.75) is 38.0 Å². The molecule has 0 saturated heterocycles. The van der Waals surface area contributed by atoms with E-state index in [-0.39, 0.29) is 11.3 Å². The normalized spacial score (nSPS) is 31.2. The monoisotopic (exact) mass is 216 g/mol. The second kappa shape index (κ2) is 3.09. The quantitative estimate of drug-likeness (QED) is 0.824. The molecule has 2 aliphatic carbocycles. The van der Waals surface area contributed by atoms with Crippen molar-refractivity contribution in [2.75, 3.05) is 0 Å². The van der Waals surface area contributed by atoms with Gasteiger partial charge in [-0.3, -0.25) is 4.79 Å². The number of hydrogen-bond acceptors (Lipinski definition) is 1. The number of fused-ring (bicyclic) bond motifs is 1. The number of hydrogen-bond donors (Lipinski definition) is 1. The molecule has 0 heterocycles. The van der Waals surface area contributed by atoms with Gasteiger partial charge in [-0.1, -0.05) is 25.1 Å². The van der Waals surface area contributed by atoms with Crippen molar-refractivity contribution in [3.63, 3.8) is 0 Å². The molecule has 2 aliphatic rings. The average molecular weight is 216 g/mol. The van der Waals surface area contributed by atoms with Gasteiger partial charge in [0.2, 0.25) is 0 Å². The number of carboxylic acid groups (broad SMARTS) is 1. The SMILES string of the molecule is CC1(c2ccc3c(c2)CCC3)CC1C(=O)O. The maximum Gasteiger partial charge on any atom is 0.307 e. The van der Waals surface area contributed by atoms with Gasteiger partial charge in [0.1, 0.15) is 0 Å². The molecule has 0 spiro atoms. The first-order valence-electron chi connectivity index (χ1n) is 5.96. The predicted octanol–water partition coefficient (Wildman–Crippen LogP) is 2.54. The highest BCUT2D eigenvalue weighted by molar-refractivity contribution is 5.77. The van der Waals surface area contributed by atoms with Crippen molar-refractivity contribution >= 4 is 5.97 Å². The summed E-state index contributed by atoms with van der Waals surface area (Å²) in [7, 11) is 0. The summed E-state index contributed by atoms with van der Waals surface area (Å²) in [6.45, 7) is 2.07. The van der Waals surface area contributed by atoms with Gasteiger partial charge >= 0.3 is 5.97 Å². The van der Waals surface area contributed by atoms with Crippen molar-refractivity contribution in [2.24, 2.45) is 5.92 Å². The molecule has 0 bridgehead atoms. The van der Waals surface area contributed by atoms with Crippen LogP contribution in [-0.4, -0.2) is 11.1 Å². The van der Waals surface area contributed by atoms with Crippen LogP contribution in [0.1, 0.15) is 36.5 Å². The Labute approximate surface area is 95.3 Å². The van der Waals surface area contributed by atoms with E-state index in [0.29, 0.717) is 0 Å². The number of benzene rings is 1. The van der Waals surface area contributed by atoms with Crippen LogP contribution in [0.4, 0.5) is 0 Å². The Bertz CT molecular complexity index is 464. The first-order valence-corrected chi connectivity index (χ1v) is 5.96. The summed E-state index contributed by atoms with van der Waals surface area (Å²) in [6, 6.07) is 6.57. The fourth-order valence-electron chi connectivity index (χ4n) is 2.97. The molecule has 0 radical (unpaired) electrons. The smallest absolute Gasteiger partial charge is 0.307 e. The van der Waals surface area contributed by atoms with Crippen LogP contribution in [0.2, 0.25) is 0 Å². The first kappa shape index (κ1) is 9.88. The van der Waals surface area contributed by atoms with Crippen LogP contribution in [0.5, 0.6) is 0 Å². The first-order chi connectivity index (χ1) is 7.61. The third-order valence-electron chi connectivity index (χ3n) is 4.29. The molecule has 3 rings (SSSR count). The molecule has 2 heteroatoms. The minimum atomic E-state index is -0.650. The van der Waals surface area contributed by atoms with Crippen molar-refractivity contribution < 1.29 is 9.90 Å². The molecule has 1 saturated carbocycles. The van der Waals surface area contributed by atoms with E-state index in [0.717, 1.165) is 12.8 Å². The van der Waals surface area contributed by atoms with Crippen LogP contribution in [0.3, 0.4) is 0 Å². The lowest BCUT2D eigenvalue weighted by Crippen LogP contribution is -2.11. The molecule has 2 unspecified atom stereocenters. The van der Waals surface area contributed by atoms with E-state index in [1.165, 1.54) is 29.5 Å². The molecule has 16 heavy (non-hydrogen) atoms. The van der Waals surface area contributed by atoms with E-state index in [4.69, 9.17) is 5.11 Å². The highest BCUT2D eigenvalue weighted by Crippen LogP contribution is 2.54. The average Bonchev–Trinajstić information content (AvgIpc) is 2.75. The van der Waals surface area contributed by atoms with Gasteiger partial charge in [0.05, 0.1) is 5.92 Å². The van der Waals surface area contributed by atoms with E-state index < -0.39 is 5.97 Å². The van der Waals surface area contributed by atoms with Gasteiger partial charge in [-0.2, -0.15) is 0 Å². The summed E-state index contributed by atoms with van der Waals surface area (Å²) in [5, 5.41) is 9.04. The van der Waals surface area contributed by atoms with Crippen LogP contribution >= 0.6 is 0 Å². The summed E-state index contributed by atoms with van der Waals surface area (Å²) in [5.74, 6) is -0.824. The largest absolute Gasteiger partial charge is 0.481 e. The van der Waals surface area contributed by atoms with E-state index in [9.17, 15) is 4.79 Å². The Morgan fingerprint density at radius 2 is 2.12 bits per heavy atom. The second-order valence-corrected chi connectivity index (χ2v) is 5.35. The number of rotatable bonds is 2. The van der Waals surface area contributed by atoms with Crippen LogP contribution in [0.15, 0.2) is 18.2 Å². The van der Waals surface area contributed by atoms with E-state index in [1.807, 2.05) is 0 Å². The zero-order valence-corrected chi connectivity index (χ0v) is 9.49. The van der Waals surface area contributed by atoms with Crippen molar-refractivity contribution in [3.05, 3.63) is 34.9 Å². The minimum Gasteiger partial charge on any atom is -0.481 e. The zero-order chi connectivity index (χ0) is 11.3. The van der Waals surface area contributed by atoms with Gasteiger partial charge in [0.25, 0.3) is 0 Å². The highest BCUT2D eigenvalue weighted by atomic mass is 16.4. The van der Waals surface area contributed by atoms with E-state index in [2.05, 4.69) is 25.1 Å². The minimum absolute atomic E-state index is 0.108. The van der Waals surface area contributed by atoms with Crippen molar-refractivity contribution in [1.29, 1.82) is 0 Å². The maximum atomic E-state index is 11.0. The molecule has 0 amide bonds. The fourth-order valence-corrected chi connectivity index (χ4v) is 2.97. The van der Waals surface area contributed by atoms with Gasteiger partial charge in [-0.25, -0.2) is 0 Å². The van der Waals surface area contributed by atoms with Crippen molar-refractivity contribution in [1.82, 2.24) is 0 Å². The van der Waals surface area contributed by atoms with Crippen molar-refractivity contribution in [3.8, 4) is 0 Å².